The molecule has 5 heteroatoms. The van der Waals surface area contributed by atoms with Gasteiger partial charge in [0.1, 0.15) is 0 Å². The first-order chi connectivity index (χ1) is 8.51. The van der Waals surface area contributed by atoms with Gasteiger partial charge in [0, 0.05) is 28.9 Å². The molecule has 1 aromatic rings. The fourth-order valence-electron chi connectivity index (χ4n) is 1.91. The van der Waals surface area contributed by atoms with Crippen LogP contribution in [0.1, 0.15) is 32.8 Å². The highest BCUT2D eigenvalue weighted by Crippen LogP contribution is 2.26. The topological polar surface area (TPSA) is 61.8 Å². The van der Waals surface area contributed by atoms with Crippen molar-refractivity contribution in [3.05, 3.63) is 28.8 Å². The van der Waals surface area contributed by atoms with Crippen molar-refractivity contribution in [2.24, 2.45) is 10.9 Å². The number of anilines is 1. The number of benzene rings is 1. The smallest absolute Gasteiger partial charge is 0.172 e. The lowest BCUT2D eigenvalue weighted by molar-refractivity contribution is 0.318. The lowest BCUT2D eigenvalue weighted by atomic mass is 10.1. The van der Waals surface area contributed by atoms with Gasteiger partial charge < -0.3 is 15.8 Å². The minimum Gasteiger partial charge on any atom is -0.409 e. The van der Waals surface area contributed by atoms with E-state index in [4.69, 9.17) is 22.5 Å². The molecule has 0 heterocycles. The summed E-state index contributed by atoms with van der Waals surface area (Å²) in [6.45, 7) is 7.21. The molecule has 1 aromatic carbocycles. The highest BCUT2D eigenvalue weighted by atomic mass is 35.5. The van der Waals surface area contributed by atoms with Crippen molar-refractivity contribution in [2.45, 2.75) is 33.2 Å². The van der Waals surface area contributed by atoms with Crippen LogP contribution >= 0.6 is 11.6 Å². The van der Waals surface area contributed by atoms with Crippen molar-refractivity contribution < 1.29 is 5.21 Å². The van der Waals surface area contributed by atoms with Crippen LogP contribution in [0.15, 0.2) is 23.4 Å². The predicted molar refractivity (Wildman–Crippen MR) is 76.7 cm³/mol. The van der Waals surface area contributed by atoms with E-state index >= 15 is 0 Å². The molecule has 3 N–H and O–H groups in total. The lowest BCUT2D eigenvalue weighted by Gasteiger charge is -2.30. The quantitative estimate of drug-likeness (QED) is 0.374. The van der Waals surface area contributed by atoms with Crippen LogP contribution in [0.4, 0.5) is 5.69 Å². The summed E-state index contributed by atoms with van der Waals surface area (Å²) in [5.74, 6) is 0.100. The minimum atomic E-state index is 0.100. The number of rotatable bonds is 5. The highest BCUT2D eigenvalue weighted by molar-refractivity contribution is 6.31. The minimum absolute atomic E-state index is 0.100. The molecule has 100 valence electrons. The average molecular weight is 270 g/mol. The first kappa shape index (κ1) is 14.6. The Balaban J connectivity index is 3.30. The maximum atomic E-state index is 8.84. The molecule has 0 spiro atoms. The van der Waals surface area contributed by atoms with Crippen molar-refractivity contribution in [1.29, 1.82) is 0 Å². The monoisotopic (exact) mass is 269 g/mol. The third-order valence-electron chi connectivity index (χ3n) is 2.74. The molecule has 0 bridgehead atoms. The second-order valence-electron chi connectivity index (χ2n) is 4.43. The van der Waals surface area contributed by atoms with Crippen molar-refractivity contribution in [3.8, 4) is 0 Å². The molecule has 4 nitrogen and oxygen atoms in total. The molecule has 0 aliphatic carbocycles. The van der Waals surface area contributed by atoms with Gasteiger partial charge in [-0.3, -0.25) is 0 Å². The molecule has 0 aromatic heterocycles. The van der Waals surface area contributed by atoms with E-state index in [2.05, 4.69) is 30.8 Å². The van der Waals surface area contributed by atoms with Gasteiger partial charge >= 0.3 is 0 Å². The number of hydrogen-bond donors (Lipinski definition) is 2. The van der Waals surface area contributed by atoms with Crippen LogP contribution in [0.3, 0.4) is 0 Å². The van der Waals surface area contributed by atoms with Crippen molar-refractivity contribution in [2.75, 3.05) is 11.4 Å². The molecule has 0 amide bonds. The number of nitrogens with two attached hydrogens (primary N) is 1. The van der Waals surface area contributed by atoms with Crippen LogP contribution in [0.5, 0.6) is 0 Å². The van der Waals surface area contributed by atoms with Crippen molar-refractivity contribution in [3.63, 3.8) is 0 Å². The van der Waals surface area contributed by atoms with Crippen molar-refractivity contribution >= 4 is 23.1 Å². The average Bonchev–Trinajstić information content (AvgIpc) is 2.34. The molecule has 0 saturated carbocycles. The van der Waals surface area contributed by atoms with Gasteiger partial charge in [-0.15, -0.1) is 0 Å². The summed E-state index contributed by atoms with van der Waals surface area (Å²) in [6.07, 6.45) is 1.01. The van der Waals surface area contributed by atoms with Crippen LogP contribution < -0.4 is 10.6 Å². The van der Waals surface area contributed by atoms with E-state index in [9.17, 15) is 0 Å². The van der Waals surface area contributed by atoms with E-state index in [1.807, 2.05) is 6.07 Å². The zero-order valence-corrected chi connectivity index (χ0v) is 11.8. The Hall–Kier alpha value is -1.42. The normalized spacial score (nSPS) is 11.9. The van der Waals surface area contributed by atoms with Gasteiger partial charge in [-0.25, -0.2) is 0 Å². The van der Waals surface area contributed by atoms with Crippen LogP contribution in [0.2, 0.25) is 5.02 Å². The van der Waals surface area contributed by atoms with E-state index in [0.29, 0.717) is 16.6 Å². The summed E-state index contributed by atoms with van der Waals surface area (Å²) < 4.78 is 0. The molecular weight excluding hydrogens is 250 g/mol. The van der Waals surface area contributed by atoms with Gasteiger partial charge in [0.2, 0.25) is 0 Å². The second kappa shape index (κ2) is 6.50. The number of hydrogen-bond acceptors (Lipinski definition) is 3. The van der Waals surface area contributed by atoms with E-state index < -0.39 is 0 Å². The van der Waals surface area contributed by atoms with Crippen LogP contribution in [0.25, 0.3) is 0 Å². The maximum absolute atomic E-state index is 8.84. The number of halogens is 1. The second-order valence-corrected chi connectivity index (χ2v) is 4.87. The van der Waals surface area contributed by atoms with Gasteiger partial charge in [-0.1, -0.05) is 23.7 Å². The largest absolute Gasteiger partial charge is 0.409 e. The Morgan fingerprint density at radius 1 is 1.50 bits per heavy atom. The molecule has 1 rings (SSSR count). The van der Waals surface area contributed by atoms with Crippen LogP contribution in [-0.2, 0) is 0 Å². The molecular formula is C13H20ClN3O. The maximum Gasteiger partial charge on any atom is 0.172 e. The number of amidine groups is 1. The molecule has 18 heavy (non-hydrogen) atoms. The molecule has 0 aliphatic rings. The van der Waals surface area contributed by atoms with Gasteiger partial charge in [-0.2, -0.15) is 0 Å². The van der Waals surface area contributed by atoms with E-state index in [1.54, 1.807) is 12.1 Å². The van der Waals surface area contributed by atoms with Gasteiger partial charge in [0.25, 0.3) is 0 Å². The fraction of sp³-hybridized carbons (Fsp3) is 0.462. The summed E-state index contributed by atoms with van der Waals surface area (Å²) in [5.41, 5.74) is 7.31. The molecule has 0 aliphatic heterocycles. The Morgan fingerprint density at radius 2 is 2.17 bits per heavy atom. The third kappa shape index (κ3) is 3.29. The summed E-state index contributed by atoms with van der Waals surface area (Å²) in [7, 11) is 0. The van der Waals surface area contributed by atoms with Crippen molar-refractivity contribution in [1.82, 2.24) is 0 Å². The summed E-state index contributed by atoms with van der Waals surface area (Å²) in [4.78, 5) is 2.19. The zero-order valence-electron chi connectivity index (χ0n) is 11.0. The van der Waals surface area contributed by atoms with Crippen LogP contribution in [-0.4, -0.2) is 23.6 Å². The van der Waals surface area contributed by atoms with E-state index in [1.165, 1.54) is 0 Å². The Labute approximate surface area is 113 Å². The Morgan fingerprint density at radius 3 is 2.67 bits per heavy atom. The molecule has 0 saturated heterocycles. The zero-order chi connectivity index (χ0) is 13.7. The lowest BCUT2D eigenvalue weighted by Crippen LogP contribution is -2.33. The summed E-state index contributed by atoms with van der Waals surface area (Å²) >= 11 is 6.04. The van der Waals surface area contributed by atoms with Gasteiger partial charge in [0.05, 0.1) is 0 Å². The SMILES string of the molecule is CCCN(c1cc(Cl)ccc1C(N)=NO)C(C)C. The molecule has 0 atom stereocenters. The van der Waals surface area contributed by atoms with E-state index in [-0.39, 0.29) is 5.84 Å². The van der Waals surface area contributed by atoms with E-state index in [0.717, 1.165) is 18.7 Å². The van der Waals surface area contributed by atoms with Gasteiger partial charge in [0.15, 0.2) is 5.84 Å². The third-order valence-corrected chi connectivity index (χ3v) is 2.98. The fourth-order valence-corrected chi connectivity index (χ4v) is 2.08. The number of oxime groups is 1. The standard InChI is InChI=1S/C13H20ClN3O/c1-4-7-17(9(2)3)12-8-10(14)5-6-11(12)13(15)16-18/h5-6,8-9,18H,4,7H2,1-3H3,(H2,15,16). The summed E-state index contributed by atoms with van der Waals surface area (Å²) in [5, 5.41) is 12.6. The first-order valence-corrected chi connectivity index (χ1v) is 6.43. The predicted octanol–water partition coefficient (Wildman–Crippen LogP) is 3.06. The Bertz CT molecular complexity index is 432. The molecule has 0 radical (unpaired) electrons. The first-order valence-electron chi connectivity index (χ1n) is 6.05. The van der Waals surface area contributed by atoms with Gasteiger partial charge in [-0.05, 0) is 38.5 Å². The van der Waals surface area contributed by atoms with Crippen LogP contribution in [0, 0.1) is 0 Å². The molecule has 0 unspecified atom stereocenters. The molecule has 0 fully saturated rings. The summed E-state index contributed by atoms with van der Waals surface area (Å²) in [6, 6.07) is 5.68. The Kier molecular flexibility index (Phi) is 5.28. The number of nitrogens with zero attached hydrogens (tertiary/aromatic N) is 2. The highest BCUT2D eigenvalue weighted by Gasteiger charge is 2.16.